The topological polar surface area (TPSA) is 46.9 Å². The first kappa shape index (κ1) is 20.4. The molecule has 0 aliphatic rings. The molecule has 0 bridgehead atoms. The Labute approximate surface area is 173 Å². The number of amides is 1. The third-order valence-electron chi connectivity index (χ3n) is 4.57. The smallest absolute Gasteiger partial charge is 0.224 e. The van der Waals surface area contributed by atoms with E-state index in [0.29, 0.717) is 23.0 Å². The molecule has 4 nitrogen and oxygen atoms in total. The first-order chi connectivity index (χ1) is 13.3. The zero-order valence-corrected chi connectivity index (χ0v) is 17.1. The fourth-order valence-electron chi connectivity index (χ4n) is 3.04. The number of hydrogen-bond donors (Lipinski definition) is 1. The molecule has 0 atom stereocenters. The molecular weight excluding hydrogens is 400 g/mol. The Kier molecular flexibility index (Phi) is 6.37. The summed E-state index contributed by atoms with van der Waals surface area (Å²) in [6, 6.07) is 11.5. The maximum absolute atomic E-state index is 12.9. The van der Waals surface area contributed by atoms with Crippen molar-refractivity contribution in [2.75, 3.05) is 6.54 Å². The van der Waals surface area contributed by atoms with Crippen LogP contribution in [0.2, 0.25) is 10.0 Å². The Morgan fingerprint density at radius 3 is 2.54 bits per heavy atom. The van der Waals surface area contributed by atoms with Crippen LogP contribution < -0.4 is 5.32 Å². The monoisotopic (exact) mass is 419 g/mol. The molecule has 1 aromatic heterocycles. The zero-order valence-electron chi connectivity index (χ0n) is 15.6. The lowest BCUT2D eigenvalue weighted by atomic mass is 10.1. The summed E-state index contributed by atoms with van der Waals surface area (Å²) in [6.45, 7) is 4.26. The molecule has 2 aromatic carbocycles. The van der Waals surface area contributed by atoms with Crippen LogP contribution in [0.5, 0.6) is 0 Å². The Bertz CT molecular complexity index is 1000. The van der Waals surface area contributed by atoms with Crippen LogP contribution in [0.25, 0.3) is 5.69 Å². The fourth-order valence-corrected chi connectivity index (χ4v) is 3.53. The molecule has 0 saturated carbocycles. The second-order valence-electron chi connectivity index (χ2n) is 6.56. The Hall–Kier alpha value is -2.37. The van der Waals surface area contributed by atoms with Crippen LogP contribution in [-0.4, -0.2) is 22.2 Å². The van der Waals surface area contributed by atoms with Crippen molar-refractivity contribution >= 4 is 29.1 Å². The average Bonchev–Trinajstić information content (AvgIpc) is 2.91. The number of aromatic nitrogens is 2. The molecule has 28 heavy (non-hydrogen) atoms. The van der Waals surface area contributed by atoms with Crippen LogP contribution in [0.4, 0.5) is 4.39 Å². The van der Waals surface area contributed by atoms with Gasteiger partial charge in [-0.15, -0.1) is 0 Å². The van der Waals surface area contributed by atoms with Crippen molar-refractivity contribution in [3.63, 3.8) is 0 Å². The number of nitrogens with one attached hydrogen (secondary N) is 1. The summed E-state index contributed by atoms with van der Waals surface area (Å²) in [6.07, 6.45) is 0.871. The quantitative estimate of drug-likeness (QED) is 0.621. The summed E-state index contributed by atoms with van der Waals surface area (Å²) in [5, 5.41) is 8.48. The summed E-state index contributed by atoms with van der Waals surface area (Å²) in [4.78, 5) is 12.4. The summed E-state index contributed by atoms with van der Waals surface area (Å²) < 4.78 is 14.7. The summed E-state index contributed by atoms with van der Waals surface area (Å²) >= 11 is 12.3. The molecule has 3 aromatic rings. The van der Waals surface area contributed by atoms with Gasteiger partial charge in [0.1, 0.15) is 5.82 Å². The number of benzene rings is 2. The normalized spacial score (nSPS) is 10.9. The molecular formula is C21H20Cl2FN3O. The first-order valence-electron chi connectivity index (χ1n) is 8.87. The highest BCUT2D eigenvalue weighted by atomic mass is 35.5. The number of hydrogen-bond acceptors (Lipinski definition) is 2. The molecule has 1 amide bonds. The molecule has 0 unspecified atom stereocenters. The van der Waals surface area contributed by atoms with Crippen LogP contribution in [0.3, 0.4) is 0 Å². The van der Waals surface area contributed by atoms with Gasteiger partial charge < -0.3 is 5.32 Å². The maximum Gasteiger partial charge on any atom is 0.224 e. The number of halogens is 3. The third kappa shape index (κ3) is 4.72. The number of carbonyl (C=O) groups is 1. The molecule has 1 N–H and O–H groups in total. The van der Waals surface area contributed by atoms with Crippen molar-refractivity contribution in [3.05, 3.63) is 80.8 Å². The lowest BCUT2D eigenvalue weighted by Crippen LogP contribution is -2.27. The maximum atomic E-state index is 12.9. The van der Waals surface area contributed by atoms with Crippen molar-refractivity contribution in [1.82, 2.24) is 15.1 Å². The van der Waals surface area contributed by atoms with Crippen LogP contribution in [0.1, 0.15) is 22.5 Å². The summed E-state index contributed by atoms with van der Waals surface area (Å²) in [5.74, 6) is -0.355. The van der Waals surface area contributed by atoms with Crippen molar-refractivity contribution in [2.45, 2.75) is 26.7 Å². The van der Waals surface area contributed by atoms with Crippen LogP contribution >= 0.6 is 23.2 Å². The summed E-state index contributed by atoms with van der Waals surface area (Å²) in [7, 11) is 0. The van der Waals surface area contributed by atoms with E-state index < -0.39 is 0 Å². The van der Waals surface area contributed by atoms with Gasteiger partial charge in [0, 0.05) is 22.8 Å². The predicted octanol–water partition coefficient (Wildman–Crippen LogP) is 4.84. The molecule has 0 radical (unpaired) electrons. The Morgan fingerprint density at radius 1 is 1.14 bits per heavy atom. The zero-order chi connectivity index (χ0) is 20.3. The van der Waals surface area contributed by atoms with Crippen molar-refractivity contribution in [2.24, 2.45) is 0 Å². The van der Waals surface area contributed by atoms with Crippen molar-refractivity contribution < 1.29 is 9.18 Å². The standard InChI is InChI=1S/C21H20Cl2FN3O/c1-13-18(12-21(28)25-10-9-15-3-6-17(24)7-4-15)14(2)27(26-13)20-8-5-16(22)11-19(20)23/h3-8,11H,9-10,12H2,1-2H3,(H,25,28). The van der Waals surface area contributed by atoms with Crippen LogP contribution in [-0.2, 0) is 17.6 Å². The molecule has 7 heteroatoms. The SMILES string of the molecule is Cc1nn(-c2ccc(Cl)cc2Cl)c(C)c1CC(=O)NCCc1ccc(F)cc1. The van der Waals surface area contributed by atoms with E-state index in [2.05, 4.69) is 10.4 Å². The number of carbonyl (C=O) groups excluding carboxylic acids is 1. The van der Waals surface area contributed by atoms with Gasteiger partial charge >= 0.3 is 0 Å². The molecule has 0 spiro atoms. The molecule has 1 heterocycles. The van der Waals surface area contributed by atoms with Gasteiger partial charge in [-0.1, -0.05) is 35.3 Å². The lowest BCUT2D eigenvalue weighted by Gasteiger charge is -2.08. The summed E-state index contributed by atoms with van der Waals surface area (Å²) in [5.41, 5.74) is 4.19. The molecule has 0 fully saturated rings. The molecule has 3 rings (SSSR count). The van der Waals surface area contributed by atoms with E-state index in [1.165, 1.54) is 12.1 Å². The van der Waals surface area contributed by atoms with Crippen molar-refractivity contribution in [3.8, 4) is 5.69 Å². The van der Waals surface area contributed by atoms with E-state index in [4.69, 9.17) is 23.2 Å². The number of rotatable bonds is 6. The van der Waals surface area contributed by atoms with Gasteiger partial charge in [-0.25, -0.2) is 9.07 Å². The minimum absolute atomic E-state index is 0.0879. The molecule has 0 aliphatic heterocycles. The number of aryl methyl sites for hydroxylation is 1. The minimum Gasteiger partial charge on any atom is -0.355 e. The van der Waals surface area contributed by atoms with E-state index in [-0.39, 0.29) is 18.1 Å². The van der Waals surface area contributed by atoms with Gasteiger partial charge in [0.25, 0.3) is 0 Å². The van der Waals surface area contributed by atoms with Gasteiger partial charge in [0.05, 0.1) is 22.8 Å². The minimum atomic E-state index is -0.267. The van der Waals surface area contributed by atoms with Crippen molar-refractivity contribution in [1.29, 1.82) is 0 Å². The third-order valence-corrected chi connectivity index (χ3v) is 5.10. The van der Waals surface area contributed by atoms with E-state index >= 15 is 0 Å². The number of nitrogens with zero attached hydrogens (tertiary/aromatic N) is 2. The van der Waals surface area contributed by atoms with E-state index in [1.807, 2.05) is 13.8 Å². The Morgan fingerprint density at radius 2 is 1.86 bits per heavy atom. The highest BCUT2D eigenvalue weighted by Gasteiger charge is 2.17. The molecule has 0 aliphatic carbocycles. The predicted molar refractivity (Wildman–Crippen MR) is 110 cm³/mol. The van der Waals surface area contributed by atoms with Gasteiger partial charge in [0.15, 0.2) is 0 Å². The molecule has 0 saturated heterocycles. The van der Waals surface area contributed by atoms with Gasteiger partial charge in [-0.3, -0.25) is 4.79 Å². The second kappa shape index (κ2) is 8.76. The van der Waals surface area contributed by atoms with Crippen LogP contribution in [0, 0.1) is 19.7 Å². The highest BCUT2D eigenvalue weighted by molar-refractivity contribution is 6.35. The fraction of sp³-hybridized carbons (Fsp3) is 0.238. The Balaban J connectivity index is 1.66. The lowest BCUT2D eigenvalue weighted by molar-refractivity contribution is -0.120. The largest absolute Gasteiger partial charge is 0.355 e. The first-order valence-corrected chi connectivity index (χ1v) is 9.62. The van der Waals surface area contributed by atoms with Gasteiger partial charge in [-0.05, 0) is 56.2 Å². The van der Waals surface area contributed by atoms with Gasteiger partial charge in [0.2, 0.25) is 5.91 Å². The van der Waals surface area contributed by atoms with E-state index in [0.717, 1.165) is 28.2 Å². The van der Waals surface area contributed by atoms with Gasteiger partial charge in [-0.2, -0.15) is 5.10 Å². The molecule has 146 valence electrons. The van der Waals surface area contributed by atoms with Crippen LogP contribution in [0.15, 0.2) is 42.5 Å². The second-order valence-corrected chi connectivity index (χ2v) is 7.40. The highest BCUT2D eigenvalue weighted by Crippen LogP contribution is 2.27. The van der Waals surface area contributed by atoms with E-state index in [1.54, 1.807) is 35.0 Å². The van der Waals surface area contributed by atoms with E-state index in [9.17, 15) is 9.18 Å². The average molecular weight is 420 g/mol.